The Morgan fingerprint density at radius 2 is 1.95 bits per heavy atom. The van der Waals surface area contributed by atoms with Crippen LogP contribution in [0.4, 0.5) is 0 Å². The summed E-state index contributed by atoms with van der Waals surface area (Å²) in [6.07, 6.45) is 0.0515. The van der Waals surface area contributed by atoms with E-state index in [4.69, 9.17) is 9.84 Å². The molecule has 1 N–H and O–H groups in total. The molecule has 0 aromatic heterocycles. The molecule has 1 atom stereocenters. The predicted octanol–water partition coefficient (Wildman–Crippen LogP) is 2.85. The van der Waals surface area contributed by atoms with Gasteiger partial charge < -0.3 is 9.84 Å². The van der Waals surface area contributed by atoms with Gasteiger partial charge in [-0.15, -0.1) is 0 Å². The number of fused-ring (bicyclic) bond motifs is 1. The SMILES string of the molecule is CCC1(C(=O)C(=O)O)C(=O)c2cc(Br)ccc2OC1(C)C. The predicted molar refractivity (Wildman–Crippen MR) is 78.5 cm³/mol. The van der Waals surface area contributed by atoms with Crippen LogP contribution < -0.4 is 4.74 Å². The summed E-state index contributed by atoms with van der Waals surface area (Å²) in [5, 5.41) is 9.12. The number of rotatable bonds is 3. The van der Waals surface area contributed by atoms with E-state index in [0.717, 1.165) is 0 Å². The molecule has 1 aliphatic rings. The normalized spacial score (nSPS) is 23.1. The van der Waals surface area contributed by atoms with Gasteiger partial charge in [-0.25, -0.2) is 4.79 Å². The molecule has 0 radical (unpaired) electrons. The molecule has 0 fully saturated rings. The molecule has 1 aromatic rings. The van der Waals surface area contributed by atoms with E-state index in [0.29, 0.717) is 10.2 Å². The minimum Gasteiger partial charge on any atom is -0.486 e. The highest BCUT2D eigenvalue weighted by molar-refractivity contribution is 9.10. The maximum absolute atomic E-state index is 12.9. The first-order chi connectivity index (χ1) is 9.67. The number of Topliss-reactive ketones (excluding diaryl/α,β-unsaturated/α-hetero) is 2. The first-order valence-electron chi connectivity index (χ1n) is 6.48. The average molecular weight is 355 g/mol. The van der Waals surface area contributed by atoms with Crippen molar-refractivity contribution >= 4 is 33.5 Å². The second-order valence-corrected chi connectivity index (χ2v) is 6.39. The molecule has 5 nitrogen and oxygen atoms in total. The van der Waals surface area contributed by atoms with Crippen LogP contribution in [0.5, 0.6) is 5.75 Å². The molecule has 1 aromatic carbocycles. The Hall–Kier alpha value is -1.69. The standard InChI is InChI=1S/C15H15BrO5/c1-4-15(12(18)13(19)20)11(17)9-7-8(16)5-6-10(9)21-14(15,2)3/h5-7H,4H2,1-3H3,(H,19,20). The van der Waals surface area contributed by atoms with E-state index in [1.807, 2.05) is 0 Å². The van der Waals surface area contributed by atoms with Gasteiger partial charge in [0.25, 0.3) is 5.78 Å². The number of ketones is 2. The molecule has 1 aliphatic heterocycles. The quantitative estimate of drug-likeness (QED) is 0.666. The lowest BCUT2D eigenvalue weighted by Gasteiger charge is -2.46. The summed E-state index contributed by atoms with van der Waals surface area (Å²) < 4.78 is 6.46. The zero-order valence-electron chi connectivity index (χ0n) is 11.9. The highest BCUT2D eigenvalue weighted by Gasteiger charge is 2.62. The van der Waals surface area contributed by atoms with Crippen LogP contribution >= 0.6 is 15.9 Å². The van der Waals surface area contributed by atoms with E-state index in [1.54, 1.807) is 39.0 Å². The number of carbonyl (C=O) groups excluding carboxylic acids is 2. The van der Waals surface area contributed by atoms with Crippen molar-refractivity contribution in [3.63, 3.8) is 0 Å². The van der Waals surface area contributed by atoms with Crippen LogP contribution in [0.15, 0.2) is 22.7 Å². The molecule has 0 saturated carbocycles. The van der Waals surface area contributed by atoms with Crippen LogP contribution in [0.2, 0.25) is 0 Å². The van der Waals surface area contributed by atoms with Crippen LogP contribution in [0, 0.1) is 5.41 Å². The van der Waals surface area contributed by atoms with Crippen molar-refractivity contribution in [2.24, 2.45) is 5.41 Å². The summed E-state index contributed by atoms with van der Waals surface area (Å²) in [7, 11) is 0. The molecule has 1 heterocycles. The molecule has 0 aliphatic carbocycles. The van der Waals surface area contributed by atoms with Crippen LogP contribution in [0.1, 0.15) is 37.6 Å². The Kier molecular flexibility index (Phi) is 3.70. The van der Waals surface area contributed by atoms with Gasteiger partial charge in [-0.05, 0) is 38.5 Å². The van der Waals surface area contributed by atoms with Gasteiger partial charge >= 0.3 is 5.97 Å². The summed E-state index contributed by atoms with van der Waals surface area (Å²) >= 11 is 3.26. The second-order valence-electron chi connectivity index (χ2n) is 5.48. The van der Waals surface area contributed by atoms with Gasteiger partial charge in [0.15, 0.2) is 5.78 Å². The van der Waals surface area contributed by atoms with Crippen molar-refractivity contribution in [1.82, 2.24) is 0 Å². The van der Waals surface area contributed by atoms with E-state index in [2.05, 4.69) is 15.9 Å². The van der Waals surface area contributed by atoms with Crippen molar-refractivity contribution in [2.75, 3.05) is 0 Å². The van der Waals surface area contributed by atoms with Gasteiger partial charge in [0, 0.05) is 4.47 Å². The molecule has 6 heteroatoms. The van der Waals surface area contributed by atoms with Gasteiger partial charge in [0.05, 0.1) is 5.56 Å². The Morgan fingerprint density at radius 3 is 2.48 bits per heavy atom. The fraction of sp³-hybridized carbons (Fsp3) is 0.400. The van der Waals surface area contributed by atoms with Crippen LogP contribution in [0.25, 0.3) is 0 Å². The van der Waals surface area contributed by atoms with Crippen molar-refractivity contribution in [2.45, 2.75) is 32.8 Å². The molecular formula is C15H15BrO5. The highest BCUT2D eigenvalue weighted by atomic mass is 79.9. The van der Waals surface area contributed by atoms with Crippen molar-refractivity contribution in [3.8, 4) is 5.75 Å². The summed E-state index contributed by atoms with van der Waals surface area (Å²) in [5.41, 5.74) is -2.75. The Bertz CT molecular complexity index is 649. The number of hydrogen-bond acceptors (Lipinski definition) is 4. The third-order valence-electron chi connectivity index (χ3n) is 4.08. The average Bonchev–Trinajstić information content (AvgIpc) is 2.40. The molecule has 0 bridgehead atoms. The number of hydrogen-bond donors (Lipinski definition) is 1. The van der Waals surface area contributed by atoms with Crippen LogP contribution in [-0.4, -0.2) is 28.2 Å². The van der Waals surface area contributed by atoms with Gasteiger partial charge in [-0.3, -0.25) is 9.59 Å². The summed E-state index contributed by atoms with van der Waals surface area (Å²) in [4.78, 5) is 36.4. The monoisotopic (exact) mass is 354 g/mol. The number of ether oxygens (including phenoxy) is 1. The zero-order valence-corrected chi connectivity index (χ0v) is 13.5. The van der Waals surface area contributed by atoms with E-state index < -0.39 is 28.6 Å². The number of carboxylic acid groups (broad SMARTS) is 1. The van der Waals surface area contributed by atoms with Crippen molar-refractivity contribution in [1.29, 1.82) is 0 Å². The van der Waals surface area contributed by atoms with Gasteiger partial charge in [-0.1, -0.05) is 22.9 Å². The number of carbonyl (C=O) groups is 3. The Balaban J connectivity index is 2.74. The molecular weight excluding hydrogens is 340 g/mol. The van der Waals surface area contributed by atoms with Gasteiger partial charge in [0.2, 0.25) is 0 Å². The maximum Gasteiger partial charge on any atom is 0.373 e. The molecule has 2 rings (SSSR count). The number of carboxylic acids is 1. The molecule has 0 saturated heterocycles. The maximum atomic E-state index is 12.9. The summed E-state index contributed by atoms with van der Waals surface area (Å²) in [6.45, 7) is 4.76. The first kappa shape index (κ1) is 15.7. The van der Waals surface area contributed by atoms with Crippen LogP contribution in [0.3, 0.4) is 0 Å². The van der Waals surface area contributed by atoms with E-state index in [9.17, 15) is 14.4 Å². The fourth-order valence-electron chi connectivity index (χ4n) is 2.94. The smallest absolute Gasteiger partial charge is 0.373 e. The van der Waals surface area contributed by atoms with Gasteiger partial charge in [-0.2, -0.15) is 0 Å². The molecule has 0 spiro atoms. The van der Waals surface area contributed by atoms with Crippen LogP contribution in [-0.2, 0) is 9.59 Å². The van der Waals surface area contributed by atoms with Crippen molar-refractivity contribution in [3.05, 3.63) is 28.2 Å². The number of benzene rings is 1. The zero-order chi connectivity index (χ0) is 16.0. The molecule has 21 heavy (non-hydrogen) atoms. The lowest BCUT2D eigenvalue weighted by Crippen LogP contribution is -2.61. The Labute approximate surface area is 130 Å². The highest BCUT2D eigenvalue weighted by Crippen LogP contribution is 2.48. The minimum absolute atomic E-state index is 0.0515. The van der Waals surface area contributed by atoms with E-state index in [1.165, 1.54) is 0 Å². The van der Waals surface area contributed by atoms with Gasteiger partial charge in [0.1, 0.15) is 16.8 Å². The van der Waals surface area contributed by atoms with Crippen molar-refractivity contribution < 1.29 is 24.2 Å². The summed E-state index contributed by atoms with van der Waals surface area (Å²) in [6, 6.07) is 4.90. The lowest BCUT2D eigenvalue weighted by atomic mass is 9.62. The number of aliphatic carboxylic acids is 1. The topological polar surface area (TPSA) is 80.7 Å². The molecule has 112 valence electrons. The third kappa shape index (κ3) is 2.09. The summed E-state index contributed by atoms with van der Waals surface area (Å²) in [5.74, 6) is -2.91. The Morgan fingerprint density at radius 1 is 1.33 bits per heavy atom. The third-order valence-corrected chi connectivity index (χ3v) is 4.57. The largest absolute Gasteiger partial charge is 0.486 e. The second kappa shape index (κ2) is 4.94. The van der Waals surface area contributed by atoms with E-state index in [-0.39, 0.29) is 12.0 Å². The number of halogens is 1. The lowest BCUT2D eigenvalue weighted by molar-refractivity contribution is -0.159. The van der Waals surface area contributed by atoms with E-state index >= 15 is 0 Å². The molecule has 0 amide bonds. The first-order valence-corrected chi connectivity index (χ1v) is 7.27. The minimum atomic E-state index is -1.73. The fourth-order valence-corrected chi connectivity index (χ4v) is 3.30. The molecule has 1 unspecified atom stereocenters.